The molecule has 0 radical (unpaired) electrons. The van der Waals surface area contributed by atoms with E-state index in [2.05, 4.69) is 9.47 Å². The Balaban J connectivity index is 1.15. The van der Waals surface area contributed by atoms with Gasteiger partial charge in [0.25, 0.3) is 0 Å². The summed E-state index contributed by atoms with van der Waals surface area (Å²) in [4.78, 5) is 28.6. The second-order valence-corrected chi connectivity index (χ2v) is 10.6. The predicted molar refractivity (Wildman–Crippen MR) is 141 cm³/mol. The number of hydrogen-bond donors (Lipinski definition) is 0. The summed E-state index contributed by atoms with van der Waals surface area (Å²) in [6.07, 6.45) is -1.12. The van der Waals surface area contributed by atoms with Crippen LogP contribution in [0.25, 0.3) is 0 Å². The van der Waals surface area contributed by atoms with Gasteiger partial charge in [0.1, 0.15) is 0 Å². The van der Waals surface area contributed by atoms with Crippen LogP contribution in [0.5, 0.6) is 11.5 Å². The Morgan fingerprint density at radius 1 is 0.511 bits per heavy atom. The number of esters is 2. The molecule has 244 valence electrons. The molecule has 0 aromatic heterocycles. The molecular weight excluding hydrogens is 654 g/mol. The third kappa shape index (κ3) is 5.57. The maximum Gasteiger partial charge on any atom is 0.315 e. The SMILES string of the molecule is O=C(Cc1ccc2c(c1)CN1CN2Cc2cc(CC(=O)Oc3c(F)c(F)c(F)c(F)c3F)ccc21)Oc1c(F)c(F)c(F)c(F)c1F. The Kier molecular flexibility index (Phi) is 7.97. The monoisotopic (exact) mass is 670 g/mol. The van der Waals surface area contributed by atoms with Crippen molar-refractivity contribution in [1.82, 2.24) is 0 Å². The maximum atomic E-state index is 13.9. The largest absolute Gasteiger partial charge is 0.420 e. The van der Waals surface area contributed by atoms with Crippen LogP contribution in [0.1, 0.15) is 22.3 Å². The van der Waals surface area contributed by atoms with Crippen LogP contribution < -0.4 is 19.3 Å². The number of ether oxygens (including phenoxy) is 2. The van der Waals surface area contributed by atoms with Crippen molar-refractivity contribution in [3.8, 4) is 11.5 Å². The van der Waals surface area contributed by atoms with Gasteiger partial charge in [-0.15, -0.1) is 0 Å². The van der Waals surface area contributed by atoms with Crippen LogP contribution in [0.4, 0.5) is 55.3 Å². The lowest BCUT2D eigenvalue weighted by molar-refractivity contribution is -0.135. The third-order valence-electron chi connectivity index (χ3n) is 7.50. The molecule has 0 saturated heterocycles. The number of anilines is 2. The molecule has 6 nitrogen and oxygen atoms in total. The summed E-state index contributed by atoms with van der Waals surface area (Å²) in [6, 6.07) is 9.56. The molecule has 4 aromatic carbocycles. The van der Waals surface area contributed by atoms with E-state index in [1.54, 1.807) is 24.3 Å². The zero-order valence-corrected chi connectivity index (χ0v) is 23.3. The van der Waals surface area contributed by atoms with E-state index in [1.807, 2.05) is 9.80 Å². The summed E-state index contributed by atoms with van der Waals surface area (Å²) in [6.45, 7) is 1.05. The Morgan fingerprint density at radius 3 is 1.17 bits per heavy atom. The minimum absolute atomic E-state index is 0.307. The first-order valence-corrected chi connectivity index (χ1v) is 13.4. The van der Waals surface area contributed by atoms with Gasteiger partial charge < -0.3 is 19.3 Å². The van der Waals surface area contributed by atoms with Crippen molar-refractivity contribution >= 4 is 23.3 Å². The van der Waals surface area contributed by atoms with E-state index in [0.717, 1.165) is 22.5 Å². The molecule has 2 aliphatic rings. The van der Waals surface area contributed by atoms with E-state index in [-0.39, 0.29) is 0 Å². The van der Waals surface area contributed by atoms with Crippen LogP contribution in [-0.2, 0) is 35.5 Å². The Morgan fingerprint density at radius 2 is 0.830 bits per heavy atom. The van der Waals surface area contributed by atoms with Gasteiger partial charge in [0.2, 0.25) is 69.7 Å². The van der Waals surface area contributed by atoms with Crippen LogP contribution >= 0.6 is 0 Å². The molecule has 0 fully saturated rings. The van der Waals surface area contributed by atoms with Crippen LogP contribution in [0, 0.1) is 58.2 Å². The lowest BCUT2D eigenvalue weighted by Crippen LogP contribution is -2.46. The molecule has 16 heteroatoms. The molecule has 2 bridgehead atoms. The highest BCUT2D eigenvalue weighted by atomic mass is 19.2. The first-order valence-electron chi connectivity index (χ1n) is 13.4. The number of halogens is 10. The first kappa shape index (κ1) is 31.7. The Bertz CT molecular complexity index is 1810. The highest BCUT2D eigenvalue weighted by Gasteiger charge is 2.32. The van der Waals surface area contributed by atoms with Crippen molar-refractivity contribution in [3.63, 3.8) is 0 Å². The molecule has 47 heavy (non-hydrogen) atoms. The Labute approximate surface area is 257 Å². The average Bonchev–Trinajstić information content (AvgIpc) is 3.04. The lowest BCUT2D eigenvalue weighted by atomic mass is 9.97. The van der Waals surface area contributed by atoms with E-state index in [9.17, 15) is 53.5 Å². The summed E-state index contributed by atoms with van der Waals surface area (Å²) in [5, 5.41) is 0. The summed E-state index contributed by atoms with van der Waals surface area (Å²) >= 11 is 0. The maximum absolute atomic E-state index is 13.9. The number of carbonyl (C=O) groups is 2. The summed E-state index contributed by atoms with van der Waals surface area (Å²) in [5.41, 5.74) is 3.56. The lowest BCUT2D eigenvalue weighted by Gasteiger charge is -2.45. The number of fused-ring (bicyclic) bond motifs is 6. The molecule has 0 aliphatic carbocycles. The van der Waals surface area contributed by atoms with Crippen LogP contribution in [0.3, 0.4) is 0 Å². The van der Waals surface area contributed by atoms with Gasteiger partial charge in [0.15, 0.2) is 0 Å². The summed E-state index contributed by atoms with van der Waals surface area (Å²) in [7, 11) is 0. The third-order valence-corrected chi connectivity index (χ3v) is 7.50. The van der Waals surface area contributed by atoms with E-state index in [1.165, 1.54) is 12.1 Å². The van der Waals surface area contributed by atoms with Gasteiger partial charge in [0.05, 0.1) is 19.5 Å². The number of rotatable bonds is 6. The van der Waals surface area contributed by atoms with E-state index >= 15 is 0 Å². The Hall–Kier alpha value is -5.28. The van der Waals surface area contributed by atoms with E-state index < -0.39 is 94.5 Å². The van der Waals surface area contributed by atoms with Crippen molar-refractivity contribution in [2.75, 3.05) is 16.5 Å². The molecular formula is C31H16F10N2O4. The van der Waals surface area contributed by atoms with Gasteiger partial charge in [-0.1, -0.05) is 24.3 Å². The molecule has 2 heterocycles. The average molecular weight is 670 g/mol. The fraction of sp³-hybridized carbons (Fsp3) is 0.161. The fourth-order valence-corrected chi connectivity index (χ4v) is 5.39. The highest BCUT2D eigenvalue weighted by Crippen LogP contribution is 2.39. The molecule has 0 saturated carbocycles. The fourth-order valence-electron chi connectivity index (χ4n) is 5.39. The number of benzene rings is 4. The molecule has 0 unspecified atom stereocenters. The van der Waals surface area contributed by atoms with Crippen LogP contribution in [-0.4, -0.2) is 18.6 Å². The van der Waals surface area contributed by atoms with Gasteiger partial charge in [0, 0.05) is 24.5 Å². The highest BCUT2D eigenvalue weighted by molar-refractivity contribution is 5.77. The van der Waals surface area contributed by atoms with Crippen molar-refractivity contribution in [2.45, 2.75) is 25.9 Å². The van der Waals surface area contributed by atoms with Crippen LogP contribution in [0.2, 0.25) is 0 Å². The quantitative estimate of drug-likeness (QED) is 0.0752. The van der Waals surface area contributed by atoms with E-state index in [0.29, 0.717) is 30.9 Å². The minimum atomic E-state index is -2.39. The van der Waals surface area contributed by atoms with Gasteiger partial charge in [-0.25, -0.2) is 26.3 Å². The molecule has 6 rings (SSSR count). The second-order valence-electron chi connectivity index (χ2n) is 10.6. The van der Waals surface area contributed by atoms with Crippen molar-refractivity contribution in [2.24, 2.45) is 0 Å². The molecule has 0 atom stereocenters. The number of nitrogens with zero attached hydrogens (tertiary/aromatic N) is 2. The first-order chi connectivity index (χ1) is 22.2. The summed E-state index contributed by atoms with van der Waals surface area (Å²) < 4.78 is 145. The van der Waals surface area contributed by atoms with Crippen molar-refractivity contribution < 1.29 is 63.0 Å². The normalized spacial score (nSPS) is 13.3. The molecule has 2 aliphatic heterocycles. The van der Waals surface area contributed by atoms with Gasteiger partial charge in [-0.05, 0) is 34.4 Å². The zero-order valence-electron chi connectivity index (χ0n) is 23.3. The van der Waals surface area contributed by atoms with Gasteiger partial charge >= 0.3 is 11.9 Å². The summed E-state index contributed by atoms with van der Waals surface area (Å²) in [5.74, 6) is -28.9. The van der Waals surface area contributed by atoms with E-state index in [4.69, 9.17) is 0 Å². The smallest absolute Gasteiger partial charge is 0.315 e. The van der Waals surface area contributed by atoms with Crippen LogP contribution in [0.15, 0.2) is 36.4 Å². The molecule has 0 amide bonds. The minimum Gasteiger partial charge on any atom is -0.420 e. The topological polar surface area (TPSA) is 59.1 Å². The second kappa shape index (κ2) is 11.8. The standard InChI is InChI=1S/C31H16F10N2O4/c32-20-22(34)26(38)30(27(39)23(20)35)46-18(44)7-12-1-3-16-14(5-12)9-43-11-42(16)10-15-6-13(2-4-17(15)43)8-19(45)47-31-28(40)24(36)21(33)25(37)29(31)41/h1-6H,7-11H2. The van der Waals surface area contributed by atoms with Gasteiger partial charge in [-0.2, -0.15) is 17.6 Å². The molecule has 4 aromatic rings. The zero-order chi connectivity index (χ0) is 33.9. The predicted octanol–water partition coefficient (Wildman–Crippen LogP) is 6.67. The number of hydrogen-bond acceptors (Lipinski definition) is 6. The molecule has 0 spiro atoms. The number of carbonyl (C=O) groups excluding carboxylic acids is 2. The molecule has 0 N–H and O–H groups in total. The van der Waals surface area contributed by atoms with Crippen molar-refractivity contribution in [3.05, 3.63) is 117 Å². The van der Waals surface area contributed by atoms with Gasteiger partial charge in [-0.3, -0.25) is 9.59 Å². The van der Waals surface area contributed by atoms with Crippen molar-refractivity contribution in [1.29, 1.82) is 0 Å².